The quantitative estimate of drug-likeness (QED) is 0.857. The Balaban J connectivity index is 1.46. The summed E-state index contributed by atoms with van der Waals surface area (Å²) in [6.45, 7) is 7.22. The van der Waals surface area contributed by atoms with Crippen LogP contribution in [0, 0.1) is 0 Å². The number of likely N-dealkylation sites (tertiary alicyclic amines) is 1. The van der Waals surface area contributed by atoms with Crippen LogP contribution in [-0.4, -0.2) is 50.9 Å². The zero-order chi connectivity index (χ0) is 17.7. The lowest BCUT2D eigenvalue weighted by atomic mass is 9.96. The molecule has 1 saturated heterocycles. The van der Waals surface area contributed by atoms with Gasteiger partial charge in [-0.3, -0.25) is 10.2 Å². The van der Waals surface area contributed by atoms with Crippen LogP contribution in [0.3, 0.4) is 0 Å². The number of amides is 2. The molecule has 0 aromatic carbocycles. The van der Waals surface area contributed by atoms with Crippen molar-refractivity contribution >= 4 is 12.0 Å². The van der Waals surface area contributed by atoms with Crippen molar-refractivity contribution in [1.29, 1.82) is 0 Å². The second-order valence-corrected chi connectivity index (χ2v) is 8.01. The maximum Gasteiger partial charge on any atom is 0.321 e. The van der Waals surface area contributed by atoms with Gasteiger partial charge in [0.15, 0.2) is 0 Å². The number of piperidine rings is 1. The van der Waals surface area contributed by atoms with E-state index < -0.39 is 0 Å². The number of rotatable bonds is 5. The molecule has 2 amide bonds. The molecule has 0 radical (unpaired) electrons. The molecule has 140 valence electrons. The maximum absolute atomic E-state index is 12.2. The summed E-state index contributed by atoms with van der Waals surface area (Å²) in [5.41, 5.74) is -0.0351. The molecule has 0 bridgehead atoms. The van der Waals surface area contributed by atoms with Crippen LogP contribution in [-0.2, 0) is 0 Å². The molecule has 3 rings (SSSR count). The predicted molar refractivity (Wildman–Crippen MR) is 98.7 cm³/mol. The Hall–Kier alpha value is -1.63. The van der Waals surface area contributed by atoms with Gasteiger partial charge in [0.1, 0.15) is 6.33 Å². The first-order valence-corrected chi connectivity index (χ1v) is 9.76. The fourth-order valence-electron chi connectivity index (χ4n) is 3.91. The second-order valence-electron chi connectivity index (χ2n) is 8.01. The molecule has 2 aliphatic rings. The Labute approximate surface area is 150 Å². The van der Waals surface area contributed by atoms with Crippen LogP contribution >= 0.6 is 0 Å². The SMILES string of the molecule is CC(C)(CNC(=O)Nc1ncn(C2CCCCC2)n1)N1CCCCC1. The standard InChI is InChI=1S/C18H32N6O/c1-18(2,23-11-7-4-8-12-23)13-19-17(25)21-16-20-14-24(22-16)15-9-5-3-6-10-15/h14-15H,3-13H2,1-2H3,(H2,19,21,22,25). The number of carbonyl (C=O) groups excluding carboxylic acids is 1. The minimum atomic E-state index is -0.230. The Bertz CT molecular complexity index is 558. The smallest absolute Gasteiger partial charge is 0.321 e. The molecule has 2 N–H and O–H groups in total. The highest BCUT2D eigenvalue weighted by atomic mass is 16.2. The van der Waals surface area contributed by atoms with E-state index in [0.29, 0.717) is 18.5 Å². The van der Waals surface area contributed by atoms with Gasteiger partial charge in [0.05, 0.1) is 6.04 Å². The first-order chi connectivity index (χ1) is 12.0. The third-order valence-corrected chi connectivity index (χ3v) is 5.58. The summed E-state index contributed by atoms with van der Waals surface area (Å²) in [7, 11) is 0. The van der Waals surface area contributed by atoms with Crippen LogP contribution in [0.1, 0.15) is 71.3 Å². The van der Waals surface area contributed by atoms with Gasteiger partial charge in [0.25, 0.3) is 0 Å². The fourth-order valence-corrected chi connectivity index (χ4v) is 3.91. The molecule has 0 atom stereocenters. The first-order valence-electron chi connectivity index (χ1n) is 9.76. The van der Waals surface area contributed by atoms with E-state index in [2.05, 4.69) is 39.5 Å². The van der Waals surface area contributed by atoms with Gasteiger partial charge in [0.2, 0.25) is 5.95 Å². The number of anilines is 1. The Morgan fingerprint density at radius 2 is 1.84 bits per heavy atom. The van der Waals surface area contributed by atoms with Crippen LogP contribution in [0.5, 0.6) is 0 Å². The lowest BCUT2D eigenvalue weighted by molar-refractivity contribution is 0.0965. The summed E-state index contributed by atoms with van der Waals surface area (Å²) in [6, 6.07) is 0.198. The average molecular weight is 348 g/mol. The first kappa shape index (κ1) is 18.2. The summed E-state index contributed by atoms with van der Waals surface area (Å²) >= 11 is 0. The van der Waals surface area contributed by atoms with Gasteiger partial charge in [-0.2, -0.15) is 0 Å². The van der Waals surface area contributed by atoms with Crippen LogP contribution in [0.2, 0.25) is 0 Å². The summed E-state index contributed by atoms with van der Waals surface area (Å²) in [5.74, 6) is 0.388. The fraction of sp³-hybridized carbons (Fsp3) is 0.833. The Kier molecular flexibility index (Phi) is 5.93. The number of urea groups is 1. The number of aromatic nitrogens is 3. The van der Waals surface area contributed by atoms with Gasteiger partial charge in [-0.25, -0.2) is 14.5 Å². The minimum Gasteiger partial charge on any atom is -0.336 e. The summed E-state index contributed by atoms with van der Waals surface area (Å²) in [4.78, 5) is 18.9. The minimum absolute atomic E-state index is 0.0351. The van der Waals surface area contributed by atoms with Gasteiger partial charge in [-0.1, -0.05) is 25.7 Å². The van der Waals surface area contributed by atoms with E-state index in [1.54, 1.807) is 6.33 Å². The van der Waals surface area contributed by atoms with E-state index in [1.807, 2.05) is 4.68 Å². The lowest BCUT2D eigenvalue weighted by Crippen LogP contribution is -2.53. The highest BCUT2D eigenvalue weighted by molar-refractivity contribution is 5.87. The molecule has 1 aromatic heterocycles. The van der Waals surface area contributed by atoms with E-state index in [9.17, 15) is 4.79 Å². The zero-order valence-electron chi connectivity index (χ0n) is 15.6. The van der Waals surface area contributed by atoms with E-state index in [4.69, 9.17) is 0 Å². The molecule has 1 aliphatic carbocycles. The summed E-state index contributed by atoms with van der Waals surface area (Å²) in [6.07, 6.45) is 11.7. The van der Waals surface area contributed by atoms with Crippen LogP contribution in [0.4, 0.5) is 10.7 Å². The zero-order valence-corrected chi connectivity index (χ0v) is 15.6. The number of nitrogens with zero attached hydrogens (tertiary/aromatic N) is 4. The van der Waals surface area contributed by atoms with Crippen molar-refractivity contribution < 1.29 is 4.79 Å². The monoisotopic (exact) mass is 348 g/mol. The van der Waals surface area contributed by atoms with Crippen molar-refractivity contribution in [3.8, 4) is 0 Å². The molecule has 7 nitrogen and oxygen atoms in total. The average Bonchev–Trinajstić information content (AvgIpc) is 3.10. The largest absolute Gasteiger partial charge is 0.336 e. The van der Waals surface area contributed by atoms with Crippen molar-refractivity contribution in [2.45, 2.75) is 76.8 Å². The molecule has 1 aliphatic heterocycles. The van der Waals surface area contributed by atoms with Crippen molar-refractivity contribution in [2.24, 2.45) is 0 Å². The van der Waals surface area contributed by atoms with Crippen molar-refractivity contribution in [2.75, 3.05) is 25.0 Å². The summed E-state index contributed by atoms with van der Waals surface area (Å²) < 4.78 is 1.91. The lowest BCUT2D eigenvalue weighted by Gasteiger charge is -2.41. The highest BCUT2D eigenvalue weighted by Gasteiger charge is 2.28. The number of carbonyl (C=O) groups is 1. The van der Waals surface area contributed by atoms with E-state index in [0.717, 1.165) is 25.9 Å². The van der Waals surface area contributed by atoms with Crippen LogP contribution in [0.15, 0.2) is 6.33 Å². The third kappa shape index (κ3) is 4.93. The van der Waals surface area contributed by atoms with Gasteiger partial charge >= 0.3 is 6.03 Å². The predicted octanol–water partition coefficient (Wildman–Crippen LogP) is 3.17. The van der Waals surface area contributed by atoms with Crippen LogP contribution in [0.25, 0.3) is 0 Å². The summed E-state index contributed by atoms with van der Waals surface area (Å²) in [5, 5.41) is 10.2. The van der Waals surface area contributed by atoms with Crippen molar-refractivity contribution in [3.05, 3.63) is 6.33 Å². The molecular weight excluding hydrogens is 316 g/mol. The van der Waals surface area contributed by atoms with E-state index in [-0.39, 0.29) is 11.6 Å². The Morgan fingerprint density at radius 3 is 2.56 bits per heavy atom. The number of hydrogen-bond acceptors (Lipinski definition) is 4. The van der Waals surface area contributed by atoms with Gasteiger partial charge in [-0.15, -0.1) is 5.10 Å². The molecular formula is C18H32N6O. The van der Waals surface area contributed by atoms with Crippen molar-refractivity contribution in [1.82, 2.24) is 25.0 Å². The van der Waals surface area contributed by atoms with Gasteiger partial charge in [-0.05, 0) is 52.6 Å². The maximum atomic E-state index is 12.2. The van der Waals surface area contributed by atoms with Crippen LogP contribution < -0.4 is 10.6 Å². The third-order valence-electron chi connectivity index (χ3n) is 5.58. The molecule has 1 saturated carbocycles. The molecule has 2 fully saturated rings. The molecule has 0 spiro atoms. The highest BCUT2D eigenvalue weighted by Crippen LogP contribution is 2.27. The van der Waals surface area contributed by atoms with Gasteiger partial charge in [0, 0.05) is 12.1 Å². The van der Waals surface area contributed by atoms with E-state index in [1.165, 1.54) is 38.5 Å². The number of nitrogens with one attached hydrogen (secondary N) is 2. The van der Waals surface area contributed by atoms with Gasteiger partial charge < -0.3 is 5.32 Å². The Morgan fingerprint density at radius 1 is 1.16 bits per heavy atom. The van der Waals surface area contributed by atoms with Crippen molar-refractivity contribution in [3.63, 3.8) is 0 Å². The normalized spacial score (nSPS) is 20.4. The molecule has 7 heteroatoms. The number of hydrogen-bond donors (Lipinski definition) is 2. The molecule has 0 unspecified atom stereocenters. The van der Waals surface area contributed by atoms with E-state index >= 15 is 0 Å². The topological polar surface area (TPSA) is 75.1 Å². The molecule has 25 heavy (non-hydrogen) atoms. The second kappa shape index (κ2) is 8.17. The molecule has 2 heterocycles. The molecule has 1 aromatic rings.